The Hall–Kier alpha value is -4.05. The lowest BCUT2D eigenvalue weighted by molar-refractivity contribution is 0.0676. The van der Waals surface area contributed by atoms with Crippen molar-refractivity contribution in [2.24, 2.45) is 0 Å². The summed E-state index contributed by atoms with van der Waals surface area (Å²) in [7, 11) is 0. The zero-order valence-electron chi connectivity index (χ0n) is 18.0. The van der Waals surface area contributed by atoms with Crippen LogP contribution in [0.1, 0.15) is 33.6 Å². The van der Waals surface area contributed by atoms with Gasteiger partial charge in [0.15, 0.2) is 0 Å². The standard InChI is InChI=1S/C23H21ClN8O2/c24-17-8-6-14(7-9-17)22(33)26-18-5-2-10-32(13-18)23(34)19-12-25-27-20(19)15-3-1-4-16(11-15)21-28-30-31-29-21/h1,3-4,6-9,11-12,18H,2,5,10,13H2,(H,25,27)(H,26,33)(H,28,29,30,31). The minimum absolute atomic E-state index is 0.140. The van der Waals surface area contributed by atoms with E-state index in [-0.39, 0.29) is 17.9 Å². The van der Waals surface area contributed by atoms with Crippen LogP contribution in [0.4, 0.5) is 0 Å². The molecule has 4 aromatic rings. The molecule has 11 heteroatoms. The SMILES string of the molecule is O=C(NC1CCCN(C(=O)c2cn[nH]c2-c2cccc(-c3nn[nH]n3)c2)C1)c1ccc(Cl)cc1. The van der Waals surface area contributed by atoms with Crippen LogP contribution in [0.25, 0.3) is 22.6 Å². The number of hydrogen-bond acceptors (Lipinski definition) is 6. The van der Waals surface area contributed by atoms with Crippen LogP contribution in [0, 0.1) is 0 Å². The van der Waals surface area contributed by atoms with Crippen molar-refractivity contribution in [3.05, 3.63) is 70.9 Å². The molecule has 2 amide bonds. The number of aromatic nitrogens is 6. The largest absolute Gasteiger partial charge is 0.348 e. The Kier molecular flexibility index (Phi) is 6.05. The van der Waals surface area contributed by atoms with Crippen molar-refractivity contribution < 1.29 is 9.59 Å². The van der Waals surface area contributed by atoms with Crippen LogP contribution >= 0.6 is 11.6 Å². The first-order valence-electron chi connectivity index (χ1n) is 10.8. The molecule has 5 rings (SSSR count). The molecular formula is C23H21ClN8O2. The van der Waals surface area contributed by atoms with Crippen molar-refractivity contribution in [3.63, 3.8) is 0 Å². The lowest BCUT2D eigenvalue weighted by Gasteiger charge is -2.33. The van der Waals surface area contributed by atoms with Gasteiger partial charge in [-0.15, -0.1) is 10.2 Å². The second-order valence-electron chi connectivity index (χ2n) is 8.05. The van der Waals surface area contributed by atoms with Gasteiger partial charge in [0.25, 0.3) is 11.8 Å². The van der Waals surface area contributed by atoms with Gasteiger partial charge >= 0.3 is 0 Å². The predicted octanol–water partition coefficient (Wildman–Crippen LogP) is 2.94. The van der Waals surface area contributed by atoms with Gasteiger partial charge in [-0.2, -0.15) is 10.3 Å². The van der Waals surface area contributed by atoms with E-state index < -0.39 is 0 Å². The van der Waals surface area contributed by atoms with Crippen LogP contribution < -0.4 is 5.32 Å². The molecule has 0 bridgehead atoms. The molecule has 34 heavy (non-hydrogen) atoms. The summed E-state index contributed by atoms with van der Waals surface area (Å²) < 4.78 is 0. The van der Waals surface area contributed by atoms with Gasteiger partial charge in [0, 0.05) is 40.8 Å². The highest BCUT2D eigenvalue weighted by Gasteiger charge is 2.28. The summed E-state index contributed by atoms with van der Waals surface area (Å²) in [5.41, 5.74) is 3.17. The van der Waals surface area contributed by atoms with Crippen LogP contribution in [0.15, 0.2) is 54.7 Å². The number of rotatable bonds is 5. The molecule has 2 aromatic carbocycles. The van der Waals surface area contributed by atoms with Crippen LogP contribution in [-0.2, 0) is 0 Å². The Morgan fingerprint density at radius 2 is 1.94 bits per heavy atom. The van der Waals surface area contributed by atoms with E-state index in [0.29, 0.717) is 40.8 Å². The lowest BCUT2D eigenvalue weighted by Crippen LogP contribution is -2.49. The first kappa shape index (κ1) is 21.8. The van der Waals surface area contributed by atoms with Gasteiger partial charge in [-0.25, -0.2) is 0 Å². The monoisotopic (exact) mass is 476 g/mol. The van der Waals surface area contributed by atoms with Crippen molar-refractivity contribution in [1.29, 1.82) is 0 Å². The van der Waals surface area contributed by atoms with Crippen LogP contribution in [0.3, 0.4) is 0 Å². The van der Waals surface area contributed by atoms with Gasteiger partial charge < -0.3 is 10.2 Å². The van der Waals surface area contributed by atoms with Gasteiger partial charge in [-0.1, -0.05) is 29.8 Å². The molecule has 3 heterocycles. The zero-order chi connectivity index (χ0) is 23.5. The fourth-order valence-electron chi connectivity index (χ4n) is 4.09. The molecule has 1 atom stereocenters. The zero-order valence-corrected chi connectivity index (χ0v) is 18.8. The number of carbonyl (C=O) groups is 2. The first-order valence-corrected chi connectivity index (χ1v) is 11.2. The van der Waals surface area contributed by atoms with E-state index >= 15 is 0 Å². The van der Waals surface area contributed by atoms with Crippen LogP contribution in [-0.4, -0.2) is 66.7 Å². The quantitative estimate of drug-likeness (QED) is 0.405. The predicted molar refractivity (Wildman–Crippen MR) is 125 cm³/mol. The second-order valence-corrected chi connectivity index (χ2v) is 8.48. The molecule has 0 aliphatic carbocycles. The second kappa shape index (κ2) is 9.44. The van der Waals surface area contributed by atoms with Gasteiger partial charge in [0.2, 0.25) is 5.82 Å². The maximum Gasteiger partial charge on any atom is 0.257 e. The summed E-state index contributed by atoms with van der Waals surface area (Å²) in [6.45, 7) is 1.03. The molecule has 1 unspecified atom stereocenters. The molecule has 3 N–H and O–H groups in total. The maximum absolute atomic E-state index is 13.4. The van der Waals surface area contributed by atoms with Gasteiger partial charge in [-0.3, -0.25) is 14.7 Å². The highest BCUT2D eigenvalue weighted by molar-refractivity contribution is 6.30. The Balaban J connectivity index is 1.31. The van der Waals surface area contributed by atoms with E-state index in [2.05, 4.69) is 36.1 Å². The molecule has 1 aliphatic heterocycles. The summed E-state index contributed by atoms with van der Waals surface area (Å²) in [5.74, 6) is 0.141. The number of likely N-dealkylation sites (tertiary alicyclic amines) is 1. The highest BCUT2D eigenvalue weighted by atomic mass is 35.5. The van der Waals surface area contributed by atoms with Gasteiger partial charge in [-0.05, 0) is 48.4 Å². The number of tetrazole rings is 1. The van der Waals surface area contributed by atoms with Crippen molar-refractivity contribution in [2.45, 2.75) is 18.9 Å². The Morgan fingerprint density at radius 3 is 2.74 bits per heavy atom. The summed E-state index contributed by atoms with van der Waals surface area (Å²) in [5, 5.41) is 24.7. The average Bonchev–Trinajstić information content (AvgIpc) is 3.57. The van der Waals surface area contributed by atoms with Crippen molar-refractivity contribution >= 4 is 23.4 Å². The Bertz CT molecular complexity index is 1300. The van der Waals surface area contributed by atoms with E-state index in [1.54, 1.807) is 29.2 Å². The fourth-order valence-corrected chi connectivity index (χ4v) is 4.21. The first-order chi connectivity index (χ1) is 16.6. The van der Waals surface area contributed by atoms with E-state index in [0.717, 1.165) is 24.0 Å². The van der Waals surface area contributed by atoms with E-state index in [9.17, 15) is 9.59 Å². The molecule has 1 saturated heterocycles. The number of halogens is 1. The third kappa shape index (κ3) is 4.53. The summed E-state index contributed by atoms with van der Waals surface area (Å²) in [4.78, 5) is 27.8. The molecule has 172 valence electrons. The highest BCUT2D eigenvalue weighted by Crippen LogP contribution is 2.27. The molecule has 0 saturated carbocycles. The number of amides is 2. The third-order valence-corrected chi connectivity index (χ3v) is 6.03. The molecule has 1 fully saturated rings. The Labute approximate surface area is 199 Å². The lowest BCUT2D eigenvalue weighted by atomic mass is 10.0. The number of H-pyrrole nitrogens is 2. The van der Waals surface area contributed by atoms with E-state index in [1.165, 1.54) is 6.20 Å². The number of carbonyl (C=O) groups excluding carboxylic acids is 2. The van der Waals surface area contributed by atoms with Gasteiger partial charge in [0.05, 0.1) is 17.5 Å². The molecule has 0 spiro atoms. The Morgan fingerprint density at radius 1 is 1.12 bits per heavy atom. The van der Waals surface area contributed by atoms with Crippen molar-refractivity contribution in [1.82, 2.24) is 41.0 Å². The molecule has 10 nitrogen and oxygen atoms in total. The number of benzene rings is 2. The smallest absolute Gasteiger partial charge is 0.257 e. The minimum Gasteiger partial charge on any atom is -0.348 e. The van der Waals surface area contributed by atoms with Crippen LogP contribution in [0.5, 0.6) is 0 Å². The van der Waals surface area contributed by atoms with Crippen LogP contribution in [0.2, 0.25) is 5.02 Å². The normalized spacial score (nSPS) is 15.8. The number of hydrogen-bond donors (Lipinski definition) is 3. The molecule has 2 aromatic heterocycles. The van der Waals surface area contributed by atoms with Gasteiger partial charge in [0.1, 0.15) is 0 Å². The molecule has 0 radical (unpaired) electrons. The van der Waals surface area contributed by atoms with Crippen molar-refractivity contribution in [3.8, 4) is 22.6 Å². The fraction of sp³-hybridized carbons (Fsp3) is 0.217. The number of nitrogens with one attached hydrogen (secondary N) is 3. The number of piperidine rings is 1. The van der Waals surface area contributed by atoms with E-state index in [1.807, 2.05) is 24.3 Å². The summed E-state index contributed by atoms with van der Waals surface area (Å²) >= 11 is 5.91. The summed E-state index contributed by atoms with van der Waals surface area (Å²) in [6.07, 6.45) is 3.13. The third-order valence-electron chi connectivity index (χ3n) is 5.77. The topological polar surface area (TPSA) is 133 Å². The minimum atomic E-state index is -0.182. The number of aromatic amines is 2. The summed E-state index contributed by atoms with van der Waals surface area (Å²) in [6, 6.07) is 14.1. The average molecular weight is 477 g/mol. The number of nitrogens with zero attached hydrogens (tertiary/aromatic N) is 5. The van der Waals surface area contributed by atoms with E-state index in [4.69, 9.17) is 11.6 Å². The van der Waals surface area contributed by atoms with Crippen molar-refractivity contribution in [2.75, 3.05) is 13.1 Å². The molecule has 1 aliphatic rings. The maximum atomic E-state index is 13.4. The molecular weight excluding hydrogens is 456 g/mol.